The lowest BCUT2D eigenvalue weighted by molar-refractivity contribution is -0.142. The zero-order chi connectivity index (χ0) is 13.0. The average Bonchev–Trinajstić information content (AvgIpc) is 2.30. The van der Waals surface area contributed by atoms with Gasteiger partial charge in [0.05, 0.1) is 7.11 Å². The molecule has 0 saturated heterocycles. The minimum atomic E-state index is -0.827. The van der Waals surface area contributed by atoms with Gasteiger partial charge < -0.3 is 9.84 Å². The Morgan fingerprint density at radius 1 is 1.59 bits per heavy atom. The molecule has 17 heavy (non-hydrogen) atoms. The van der Waals surface area contributed by atoms with Crippen molar-refractivity contribution >= 4 is 21.9 Å². The van der Waals surface area contributed by atoms with Crippen LogP contribution < -0.4 is 4.74 Å². The van der Waals surface area contributed by atoms with E-state index < -0.39 is 12.0 Å². The van der Waals surface area contributed by atoms with Gasteiger partial charge in [-0.1, -0.05) is 15.9 Å². The highest BCUT2D eigenvalue weighted by Crippen LogP contribution is 2.23. The standard InChI is InChI=1S/C12H16BrNO3/c1-8(12(15)16)14(2)7-9-6-10(17-3)4-5-11(9)13/h4-6,8H,7H2,1-3H3,(H,15,16). The summed E-state index contributed by atoms with van der Waals surface area (Å²) in [5.41, 5.74) is 1.000. The summed E-state index contributed by atoms with van der Waals surface area (Å²) in [6, 6.07) is 5.13. The lowest BCUT2D eigenvalue weighted by Gasteiger charge is -2.21. The monoisotopic (exact) mass is 301 g/mol. The van der Waals surface area contributed by atoms with Crippen LogP contribution in [0.1, 0.15) is 12.5 Å². The van der Waals surface area contributed by atoms with Crippen LogP contribution in [0, 0.1) is 0 Å². The largest absolute Gasteiger partial charge is 0.497 e. The minimum absolute atomic E-state index is 0.520. The summed E-state index contributed by atoms with van der Waals surface area (Å²) in [5.74, 6) is -0.0638. The van der Waals surface area contributed by atoms with Crippen LogP contribution in [0.15, 0.2) is 22.7 Å². The second-order valence-electron chi connectivity index (χ2n) is 3.89. The highest BCUT2D eigenvalue weighted by atomic mass is 79.9. The van der Waals surface area contributed by atoms with Crippen LogP contribution in [0.2, 0.25) is 0 Å². The quantitative estimate of drug-likeness (QED) is 0.907. The third-order valence-electron chi connectivity index (χ3n) is 2.69. The van der Waals surface area contributed by atoms with Gasteiger partial charge in [-0.2, -0.15) is 0 Å². The molecule has 1 atom stereocenters. The minimum Gasteiger partial charge on any atom is -0.497 e. The number of carboxylic acids is 1. The molecule has 0 spiro atoms. The zero-order valence-electron chi connectivity index (χ0n) is 10.1. The number of benzene rings is 1. The fourth-order valence-corrected chi connectivity index (χ4v) is 1.77. The van der Waals surface area contributed by atoms with E-state index in [-0.39, 0.29) is 0 Å². The molecule has 0 saturated carbocycles. The van der Waals surface area contributed by atoms with Crippen molar-refractivity contribution in [3.05, 3.63) is 28.2 Å². The second kappa shape index (κ2) is 6.02. The number of hydrogen-bond donors (Lipinski definition) is 1. The molecule has 0 radical (unpaired) electrons. The van der Waals surface area contributed by atoms with E-state index in [1.807, 2.05) is 18.2 Å². The first-order valence-corrected chi connectivity index (χ1v) is 6.00. The van der Waals surface area contributed by atoms with E-state index in [0.717, 1.165) is 15.8 Å². The molecule has 0 amide bonds. The maximum atomic E-state index is 10.9. The summed E-state index contributed by atoms with van der Waals surface area (Å²) in [7, 11) is 3.39. The van der Waals surface area contributed by atoms with Crippen LogP contribution in [0.3, 0.4) is 0 Å². The number of nitrogens with zero attached hydrogens (tertiary/aromatic N) is 1. The molecular weight excluding hydrogens is 286 g/mol. The van der Waals surface area contributed by atoms with Crippen molar-refractivity contribution in [2.45, 2.75) is 19.5 Å². The molecule has 94 valence electrons. The number of halogens is 1. The van der Waals surface area contributed by atoms with Crippen LogP contribution in [-0.2, 0) is 11.3 Å². The second-order valence-corrected chi connectivity index (χ2v) is 4.74. The van der Waals surface area contributed by atoms with Gasteiger partial charge in [-0.15, -0.1) is 0 Å². The van der Waals surface area contributed by atoms with E-state index in [0.29, 0.717) is 6.54 Å². The van der Waals surface area contributed by atoms with Crippen LogP contribution >= 0.6 is 15.9 Å². The Kier molecular flexibility index (Phi) is 4.96. The number of methoxy groups -OCH3 is 1. The molecule has 0 bridgehead atoms. The highest BCUT2D eigenvalue weighted by molar-refractivity contribution is 9.10. The van der Waals surface area contributed by atoms with Gasteiger partial charge in [-0.25, -0.2) is 0 Å². The number of aliphatic carboxylic acids is 1. The molecule has 0 aliphatic rings. The summed E-state index contributed by atoms with van der Waals surface area (Å²) in [4.78, 5) is 12.6. The van der Waals surface area contributed by atoms with Crippen LogP contribution in [0.4, 0.5) is 0 Å². The Balaban J connectivity index is 2.83. The van der Waals surface area contributed by atoms with E-state index in [4.69, 9.17) is 9.84 Å². The van der Waals surface area contributed by atoms with Gasteiger partial charge in [-0.3, -0.25) is 9.69 Å². The Bertz CT molecular complexity index is 409. The van der Waals surface area contributed by atoms with E-state index in [2.05, 4.69) is 15.9 Å². The van der Waals surface area contributed by atoms with Gasteiger partial charge in [0.15, 0.2) is 0 Å². The first-order valence-electron chi connectivity index (χ1n) is 5.21. The van der Waals surface area contributed by atoms with Crippen molar-refractivity contribution in [2.24, 2.45) is 0 Å². The zero-order valence-corrected chi connectivity index (χ0v) is 11.7. The van der Waals surface area contributed by atoms with Gasteiger partial charge in [0, 0.05) is 11.0 Å². The van der Waals surface area contributed by atoms with Crippen LogP contribution in [-0.4, -0.2) is 36.2 Å². The molecule has 0 aliphatic carbocycles. The van der Waals surface area contributed by atoms with Crippen molar-refractivity contribution in [1.82, 2.24) is 4.90 Å². The van der Waals surface area contributed by atoms with Gasteiger partial charge in [0.25, 0.3) is 0 Å². The molecule has 0 heterocycles. The molecule has 5 heteroatoms. The van der Waals surface area contributed by atoms with Crippen molar-refractivity contribution in [1.29, 1.82) is 0 Å². The molecule has 1 aromatic rings. The van der Waals surface area contributed by atoms with E-state index >= 15 is 0 Å². The number of hydrogen-bond acceptors (Lipinski definition) is 3. The summed E-state index contributed by atoms with van der Waals surface area (Å²) in [6.45, 7) is 2.21. The summed E-state index contributed by atoms with van der Waals surface area (Å²) < 4.78 is 6.09. The predicted molar refractivity (Wildman–Crippen MR) is 69.3 cm³/mol. The van der Waals surface area contributed by atoms with Crippen LogP contribution in [0.5, 0.6) is 5.75 Å². The summed E-state index contributed by atoms with van der Waals surface area (Å²) >= 11 is 3.44. The number of carbonyl (C=O) groups is 1. The normalized spacial score (nSPS) is 12.5. The Morgan fingerprint density at radius 2 is 2.24 bits per heavy atom. The number of ether oxygens (including phenoxy) is 1. The molecule has 1 unspecified atom stereocenters. The Morgan fingerprint density at radius 3 is 2.76 bits per heavy atom. The third kappa shape index (κ3) is 3.71. The van der Waals surface area contributed by atoms with Gasteiger partial charge in [0.1, 0.15) is 11.8 Å². The fourth-order valence-electron chi connectivity index (χ4n) is 1.39. The van der Waals surface area contributed by atoms with Gasteiger partial charge >= 0.3 is 5.97 Å². The molecule has 4 nitrogen and oxygen atoms in total. The molecule has 0 aliphatic heterocycles. The Labute approximate surface area is 109 Å². The first kappa shape index (κ1) is 14.0. The molecular formula is C12H16BrNO3. The van der Waals surface area contributed by atoms with Crippen molar-refractivity contribution < 1.29 is 14.6 Å². The SMILES string of the molecule is COc1ccc(Br)c(CN(C)C(C)C(=O)O)c1. The van der Waals surface area contributed by atoms with Crippen LogP contribution in [0.25, 0.3) is 0 Å². The van der Waals surface area contributed by atoms with E-state index in [1.165, 1.54) is 0 Å². The average molecular weight is 302 g/mol. The molecule has 0 fully saturated rings. The summed E-state index contributed by atoms with van der Waals surface area (Å²) in [6.07, 6.45) is 0. The maximum Gasteiger partial charge on any atom is 0.320 e. The molecule has 1 aromatic carbocycles. The van der Waals surface area contributed by atoms with Gasteiger partial charge in [0.2, 0.25) is 0 Å². The molecule has 1 N–H and O–H groups in total. The topological polar surface area (TPSA) is 49.8 Å². The maximum absolute atomic E-state index is 10.9. The fraction of sp³-hybridized carbons (Fsp3) is 0.417. The van der Waals surface area contributed by atoms with Crippen molar-refractivity contribution in [3.8, 4) is 5.75 Å². The smallest absolute Gasteiger partial charge is 0.320 e. The van der Waals surface area contributed by atoms with Gasteiger partial charge in [-0.05, 0) is 37.7 Å². The highest BCUT2D eigenvalue weighted by Gasteiger charge is 2.17. The molecule has 0 aromatic heterocycles. The lowest BCUT2D eigenvalue weighted by Crippen LogP contribution is -2.35. The Hall–Kier alpha value is -1.07. The first-order chi connectivity index (χ1) is 7.95. The van der Waals surface area contributed by atoms with Crippen molar-refractivity contribution in [3.63, 3.8) is 0 Å². The van der Waals surface area contributed by atoms with Crippen molar-refractivity contribution in [2.75, 3.05) is 14.2 Å². The van der Waals surface area contributed by atoms with E-state index in [1.54, 1.807) is 26.0 Å². The van der Waals surface area contributed by atoms with E-state index in [9.17, 15) is 4.79 Å². The number of rotatable bonds is 5. The number of carboxylic acid groups (broad SMARTS) is 1. The molecule has 1 rings (SSSR count). The third-order valence-corrected chi connectivity index (χ3v) is 3.46. The number of likely N-dealkylation sites (N-methyl/N-ethyl adjacent to an activating group) is 1. The lowest BCUT2D eigenvalue weighted by atomic mass is 10.2. The predicted octanol–water partition coefficient (Wildman–Crippen LogP) is 2.36. The summed E-state index contributed by atoms with van der Waals surface area (Å²) in [5, 5.41) is 8.92.